The Balaban J connectivity index is 1.55. The number of carbonyl (C=O) groups excluding carboxylic acids is 1. The van der Waals surface area contributed by atoms with Crippen LogP contribution in [0.2, 0.25) is 0 Å². The zero-order valence-electron chi connectivity index (χ0n) is 14.9. The van der Waals surface area contributed by atoms with Gasteiger partial charge in [-0.15, -0.1) is 11.8 Å². The molecule has 0 aliphatic carbocycles. The summed E-state index contributed by atoms with van der Waals surface area (Å²) < 4.78 is 27.0. The number of sulfonamides is 1. The second kappa shape index (κ2) is 7.66. The number of nitrogens with one attached hydrogen (secondary N) is 1. The van der Waals surface area contributed by atoms with Gasteiger partial charge in [-0.25, -0.2) is 8.42 Å². The number of rotatable bonds is 4. The second-order valence-corrected chi connectivity index (χ2v) is 9.91. The molecular formula is C20H22N2O3S2. The van der Waals surface area contributed by atoms with Gasteiger partial charge in [0, 0.05) is 29.3 Å². The first-order valence-electron chi connectivity index (χ1n) is 9.18. The van der Waals surface area contributed by atoms with Crippen molar-refractivity contribution in [3.05, 3.63) is 59.7 Å². The van der Waals surface area contributed by atoms with E-state index in [0.29, 0.717) is 18.7 Å². The first kappa shape index (κ1) is 18.5. The van der Waals surface area contributed by atoms with Gasteiger partial charge in [-0.2, -0.15) is 4.31 Å². The quantitative estimate of drug-likeness (QED) is 0.851. The van der Waals surface area contributed by atoms with Gasteiger partial charge < -0.3 is 5.32 Å². The molecule has 0 aromatic heterocycles. The largest absolute Gasteiger partial charge is 0.345 e. The predicted octanol–water partition coefficient (Wildman–Crippen LogP) is 3.44. The zero-order valence-corrected chi connectivity index (χ0v) is 16.6. The molecule has 2 heterocycles. The Morgan fingerprint density at radius 1 is 1.07 bits per heavy atom. The van der Waals surface area contributed by atoms with Gasteiger partial charge in [0.15, 0.2) is 0 Å². The lowest BCUT2D eigenvalue weighted by Gasteiger charge is -2.26. The van der Waals surface area contributed by atoms with Crippen LogP contribution in [0.4, 0.5) is 0 Å². The van der Waals surface area contributed by atoms with Gasteiger partial charge >= 0.3 is 0 Å². The highest BCUT2D eigenvalue weighted by molar-refractivity contribution is 7.99. The van der Waals surface area contributed by atoms with Crippen LogP contribution in [0.5, 0.6) is 0 Å². The van der Waals surface area contributed by atoms with Gasteiger partial charge in [0.2, 0.25) is 10.0 Å². The average molecular weight is 403 g/mol. The molecule has 5 nitrogen and oxygen atoms in total. The Hall–Kier alpha value is -1.83. The smallest absolute Gasteiger partial charge is 0.251 e. The first-order chi connectivity index (χ1) is 13.1. The number of hydrogen-bond donors (Lipinski definition) is 1. The first-order valence-corrected chi connectivity index (χ1v) is 11.6. The molecular weight excluding hydrogens is 380 g/mol. The fraction of sp³-hybridized carbons (Fsp3) is 0.350. The third-order valence-corrected chi connectivity index (χ3v) is 8.08. The third-order valence-electron chi connectivity index (χ3n) is 5.06. The van der Waals surface area contributed by atoms with Crippen LogP contribution >= 0.6 is 11.8 Å². The van der Waals surface area contributed by atoms with Crippen LogP contribution in [0.1, 0.15) is 41.2 Å². The van der Waals surface area contributed by atoms with E-state index < -0.39 is 10.0 Å². The normalized spacial score (nSPS) is 20.2. The van der Waals surface area contributed by atoms with Crippen molar-refractivity contribution >= 4 is 27.7 Å². The summed E-state index contributed by atoms with van der Waals surface area (Å²) in [5.74, 6) is 0.714. The SMILES string of the molecule is O=C(N[C@H]1CCSc2ccccc21)c1cccc(S(=O)(=O)N2CCCC2)c1. The molecule has 0 unspecified atom stereocenters. The minimum absolute atomic E-state index is 0.0474. The molecule has 7 heteroatoms. The maximum atomic E-state index is 12.8. The minimum Gasteiger partial charge on any atom is -0.345 e. The van der Waals surface area contributed by atoms with Crippen molar-refractivity contribution in [1.29, 1.82) is 0 Å². The Labute approximate surface area is 164 Å². The van der Waals surface area contributed by atoms with E-state index in [-0.39, 0.29) is 16.8 Å². The summed E-state index contributed by atoms with van der Waals surface area (Å²) in [6, 6.07) is 14.4. The summed E-state index contributed by atoms with van der Waals surface area (Å²) >= 11 is 1.80. The van der Waals surface area contributed by atoms with Crippen molar-refractivity contribution in [3.63, 3.8) is 0 Å². The van der Waals surface area contributed by atoms with Crippen LogP contribution in [0.15, 0.2) is 58.3 Å². The molecule has 0 saturated carbocycles. The van der Waals surface area contributed by atoms with Gasteiger partial charge in [0.25, 0.3) is 5.91 Å². The van der Waals surface area contributed by atoms with Crippen LogP contribution < -0.4 is 5.32 Å². The Bertz CT molecular complexity index is 953. The van der Waals surface area contributed by atoms with E-state index in [0.717, 1.165) is 30.6 Å². The predicted molar refractivity (Wildman–Crippen MR) is 106 cm³/mol. The standard InChI is InChI=1S/C20H22N2O3S2/c23-20(21-18-10-13-26-19-9-2-1-8-17(18)19)15-6-5-7-16(14-15)27(24,25)22-11-3-4-12-22/h1-2,5-9,14,18H,3-4,10-13H2,(H,21,23)/t18-/m0/s1. The van der Waals surface area contributed by atoms with E-state index in [4.69, 9.17) is 0 Å². The molecule has 1 saturated heterocycles. The second-order valence-electron chi connectivity index (χ2n) is 6.84. The van der Waals surface area contributed by atoms with Crippen molar-refractivity contribution in [1.82, 2.24) is 9.62 Å². The molecule has 0 radical (unpaired) electrons. The fourth-order valence-corrected chi connectivity index (χ4v) is 6.30. The van der Waals surface area contributed by atoms with E-state index in [2.05, 4.69) is 11.4 Å². The number of benzene rings is 2. The highest BCUT2D eigenvalue weighted by Gasteiger charge is 2.28. The van der Waals surface area contributed by atoms with Gasteiger partial charge in [0.1, 0.15) is 0 Å². The number of nitrogens with zero attached hydrogens (tertiary/aromatic N) is 1. The monoisotopic (exact) mass is 402 g/mol. The molecule has 2 aromatic rings. The number of fused-ring (bicyclic) bond motifs is 1. The van der Waals surface area contributed by atoms with E-state index in [1.807, 2.05) is 18.2 Å². The highest BCUT2D eigenvalue weighted by atomic mass is 32.2. The number of thioether (sulfide) groups is 1. The summed E-state index contributed by atoms with van der Waals surface area (Å²) in [7, 11) is -3.53. The Kier molecular flexibility index (Phi) is 5.25. The van der Waals surface area contributed by atoms with Crippen LogP contribution in [0.25, 0.3) is 0 Å². The van der Waals surface area contributed by atoms with E-state index in [1.54, 1.807) is 30.0 Å². The van der Waals surface area contributed by atoms with Gasteiger partial charge in [-0.05, 0) is 49.1 Å². The topological polar surface area (TPSA) is 66.5 Å². The van der Waals surface area contributed by atoms with Gasteiger partial charge in [0.05, 0.1) is 10.9 Å². The fourth-order valence-electron chi connectivity index (χ4n) is 3.61. The van der Waals surface area contributed by atoms with Crippen molar-refractivity contribution in [3.8, 4) is 0 Å². The summed E-state index contributed by atoms with van der Waals surface area (Å²) in [5, 5.41) is 3.08. The lowest BCUT2D eigenvalue weighted by Crippen LogP contribution is -2.31. The average Bonchev–Trinajstić information content (AvgIpc) is 3.24. The molecule has 27 heavy (non-hydrogen) atoms. The lowest BCUT2D eigenvalue weighted by atomic mass is 10.0. The molecule has 1 amide bonds. The van der Waals surface area contributed by atoms with Crippen molar-refractivity contribution in [2.75, 3.05) is 18.8 Å². The maximum Gasteiger partial charge on any atom is 0.251 e. The summed E-state index contributed by atoms with van der Waals surface area (Å²) in [5.41, 5.74) is 1.51. The lowest BCUT2D eigenvalue weighted by molar-refractivity contribution is 0.0934. The summed E-state index contributed by atoms with van der Waals surface area (Å²) in [6.45, 7) is 1.10. The summed E-state index contributed by atoms with van der Waals surface area (Å²) in [6.07, 6.45) is 2.64. The zero-order chi connectivity index (χ0) is 18.9. The molecule has 1 fully saturated rings. The number of hydrogen-bond acceptors (Lipinski definition) is 4. The molecule has 1 atom stereocenters. The molecule has 1 N–H and O–H groups in total. The van der Waals surface area contributed by atoms with Crippen molar-refractivity contribution in [2.24, 2.45) is 0 Å². The number of amides is 1. The van der Waals surface area contributed by atoms with E-state index in [9.17, 15) is 13.2 Å². The molecule has 0 spiro atoms. The van der Waals surface area contributed by atoms with Gasteiger partial charge in [-0.3, -0.25) is 4.79 Å². The Morgan fingerprint density at radius 2 is 1.85 bits per heavy atom. The molecule has 2 aliphatic heterocycles. The molecule has 2 aromatic carbocycles. The maximum absolute atomic E-state index is 12.8. The van der Waals surface area contributed by atoms with Crippen LogP contribution in [-0.4, -0.2) is 37.5 Å². The van der Waals surface area contributed by atoms with E-state index >= 15 is 0 Å². The Morgan fingerprint density at radius 3 is 2.67 bits per heavy atom. The molecule has 142 valence electrons. The van der Waals surface area contributed by atoms with Crippen LogP contribution in [0, 0.1) is 0 Å². The molecule has 2 aliphatic rings. The van der Waals surface area contributed by atoms with Crippen LogP contribution in [-0.2, 0) is 10.0 Å². The van der Waals surface area contributed by atoms with Crippen molar-refractivity contribution < 1.29 is 13.2 Å². The molecule has 0 bridgehead atoms. The molecule has 4 rings (SSSR count). The minimum atomic E-state index is -3.53. The van der Waals surface area contributed by atoms with Gasteiger partial charge in [-0.1, -0.05) is 24.3 Å². The van der Waals surface area contributed by atoms with Crippen molar-refractivity contribution in [2.45, 2.75) is 35.1 Å². The van der Waals surface area contributed by atoms with E-state index in [1.165, 1.54) is 15.3 Å². The highest BCUT2D eigenvalue weighted by Crippen LogP contribution is 2.36. The number of carbonyl (C=O) groups is 1. The summed E-state index contributed by atoms with van der Waals surface area (Å²) in [4.78, 5) is 14.2. The van der Waals surface area contributed by atoms with Crippen LogP contribution in [0.3, 0.4) is 0 Å². The third kappa shape index (κ3) is 3.77.